The van der Waals surface area contributed by atoms with Gasteiger partial charge in [-0.25, -0.2) is 4.99 Å². The number of amides is 1. The average molecular weight is 611 g/mol. The van der Waals surface area contributed by atoms with Gasteiger partial charge in [-0.05, 0) is 53.5 Å². The van der Waals surface area contributed by atoms with Crippen LogP contribution in [0.3, 0.4) is 0 Å². The summed E-state index contributed by atoms with van der Waals surface area (Å²) in [6, 6.07) is 9.81. The fourth-order valence-corrected chi connectivity index (χ4v) is 6.31. The SMILES string of the molecule is N#CNC(=N[C@@H]1Cc2cc(Cl)c3[nH]ncc3c2CN(CC(F)(F)F)C1=O)N1CCC(c2cc3ccccc3[nH]c2=O)CC1. The number of H-pyrrole nitrogens is 2. The Morgan fingerprint density at radius 1 is 1.21 bits per heavy atom. The normalized spacial score (nSPS) is 18.5. The van der Waals surface area contributed by atoms with E-state index in [4.69, 9.17) is 11.6 Å². The van der Waals surface area contributed by atoms with Crippen LogP contribution in [0.1, 0.15) is 35.4 Å². The number of aliphatic imine (C=N–C) groups is 1. The van der Waals surface area contributed by atoms with E-state index in [9.17, 15) is 28.0 Å². The monoisotopic (exact) mass is 610 g/mol. The molecule has 0 unspecified atom stereocenters. The molecule has 1 atom stereocenters. The van der Waals surface area contributed by atoms with Crippen molar-refractivity contribution >= 4 is 45.3 Å². The maximum Gasteiger partial charge on any atom is 0.406 e. The molecule has 2 aromatic heterocycles. The number of para-hydroxylation sites is 1. The molecule has 222 valence electrons. The standard InChI is InChI=1S/C29H26ClF3N8O2/c30-22-10-18-11-24(27(43)41(14-29(31,32)33)13-21(18)20-12-36-39-25(20)22)38-28(35-15-34)40-7-5-16(6-8-40)19-9-17-3-1-2-4-23(17)37-26(19)42/h1-4,9-10,12,16,24H,5-8,11,13-14H2,(H,35,38)(H,36,39)(H,37,42)/t24-/m1/s1. The highest BCUT2D eigenvalue weighted by Crippen LogP contribution is 2.34. The van der Waals surface area contributed by atoms with Gasteiger partial charge in [0.1, 0.15) is 12.6 Å². The number of guanidine groups is 1. The molecular weight excluding hydrogens is 585 g/mol. The molecule has 14 heteroatoms. The summed E-state index contributed by atoms with van der Waals surface area (Å²) in [5.74, 6) is -0.755. The van der Waals surface area contributed by atoms with Gasteiger partial charge < -0.3 is 14.8 Å². The molecular formula is C29H26ClF3N8O2. The number of aromatic amines is 2. The number of benzene rings is 2. The molecule has 1 fully saturated rings. The van der Waals surface area contributed by atoms with Gasteiger partial charge in [0.25, 0.3) is 5.56 Å². The molecule has 1 amide bonds. The summed E-state index contributed by atoms with van der Waals surface area (Å²) in [4.78, 5) is 36.4. The van der Waals surface area contributed by atoms with Crippen LogP contribution in [0.15, 0.2) is 52.4 Å². The van der Waals surface area contributed by atoms with E-state index >= 15 is 0 Å². The molecule has 2 aliphatic rings. The highest BCUT2D eigenvalue weighted by molar-refractivity contribution is 6.35. The lowest BCUT2D eigenvalue weighted by Gasteiger charge is -2.34. The van der Waals surface area contributed by atoms with Crippen LogP contribution in [-0.4, -0.2) is 68.7 Å². The minimum atomic E-state index is -4.63. The van der Waals surface area contributed by atoms with Gasteiger partial charge in [-0.2, -0.15) is 23.5 Å². The Morgan fingerprint density at radius 3 is 2.72 bits per heavy atom. The van der Waals surface area contributed by atoms with Gasteiger partial charge in [0.15, 0.2) is 6.19 Å². The lowest BCUT2D eigenvalue weighted by molar-refractivity contribution is -0.162. The number of nitriles is 1. The van der Waals surface area contributed by atoms with Gasteiger partial charge >= 0.3 is 6.18 Å². The molecule has 10 nitrogen and oxygen atoms in total. The fourth-order valence-electron chi connectivity index (χ4n) is 6.04. The zero-order valence-corrected chi connectivity index (χ0v) is 23.5. The number of nitrogens with zero attached hydrogens (tertiary/aromatic N) is 5. The summed E-state index contributed by atoms with van der Waals surface area (Å²) < 4.78 is 40.7. The fraction of sp³-hybridized carbons (Fsp3) is 0.345. The predicted octanol–water partition coefficient (Wildman–Crippen LogP) is 4.18. The van der Waals surface area contributed by atoms with Crippen LogP contribution in [-0.2, 0) is 17.8 Å². The Morgan fingerprint density at radius 2 is 1.98 bits per heavy atom. The van der Waals surface area contributed by atoms with Crippen molar-refractivity contribution in [3.8, 4) is 6.19 Å². The number of rotatable bonds is 3. The number of hydrogen-bond donors (Lipinski definition) is 3. The van der Waals surface area contributed by atoms with Crippen molar-refractivity contribution in [2.24, 2.45) is 4.99 Å². The van der Waals surface area contributed by atoms with Crippen molar-refractivity contribution in [1.29, 1.82) is 5.26 Å². The van der Waals surface area contributed by atoms with Gasteiger partial charge in [0, 0.05) is 42.5 Å². The molecule has 3 N–H and O–H groups in total. The first kappa shape index (κ1) is 28.5. The molecule has 4 aromatic rings. The van der Waals surface area contributed by atoms with Crippen LogP contribution in [0.4, 0.5) is 13.2 Å². The summed E-state index contributed by atoms with van der Waals surface area (Å²) in [6.45, 7) is -0.920. The smallest absolute Gasteiger partial charge is 0.342 e. The summed E-state index contributed by atoms with van der Waals surface area (Å²) in [5, 5.41) is 20.6. The number of carbonyl (C=O) groups excluding carboxylic acids is 1. The van der Waals surface area contributed by atoms with E-state index in [0.717, 1.165) is 15.8 Å². The minimum Gasteiger partial charge on any atom is -0.342 e. The van der Waals surface area contributed by atoms with Gasteiger partial charge in [0.2, 0.25) is 11.9 Å². The molecule has 0 spiro atoms. The lowest BCUT2D eigenvalue weighted by atomic mass is 9.89. The number of piperidine rings is 1. The Labute approximate surface area is 248 Å². The van der Waals surface area contributed by atoms with Gasteiger partial charge in [-0.15, -0.1) is 0 Å². The maximum atomic E-state index is 13.6. The van der Waals surface area contributed by atoms with E-state index in [1.807, 2.05) is 36.5 Å². The number of carbonyl (C=O) groups is 1. The number of pyridine rings is 1. The van der Waals surface area contributed by atoms with Crippen LogP contribution in [0.5, 0.6) is 0 Å². The molecule has 2 aliphatic heterocycles. The molecule has 6 rings (SSSR count). The molecule has 2 aromatic carbocycles. The topological polar surface area (TPSA) is 133 Å². The van der Waals surface area contributed by atoms with Crippen molar-refractivity contribution in [2.75, 3.05) is 19.6 Å². The maximum absolute atomic E-state index is 13.6. The zero-order valence-electron chi connectivity index (χ0n) is 22.7. The molecule has 0 bridgehead atoms. The van der Waals surface area contributed by atoms with E-state index in [0.29, 0.717) is 58.5 Å². The first-order valence-electron chi connectivity index (χ1n) is 13.7. The number of nitrogens with one attached hydrogen (secondary N) is 3. The number of hydrogen-bond acceptors (Lipinski definition) is 5. The quantitative estimate of drug-likeness (QED) is 0.138. The van der Waals surface area contributed by atoms with Crippen molar-refractivity contribution < 1.29 is 18.0 Å². The van der Waals surface area contributed by atoms with E-state index in [1.165, 1.54) is 6.20 Å². The third kappa shape index (κ3) is 5.75. The summed E-state index contributed by atoms with van der Waals surface area (Å²) in [6.07, 6.45) is -0.179. The van der Waals surface area contributed by atoms with Gasteiger partial charge in [0.05, 0.1) is 16.7 Å². The zero-order chi connectivity index (χ0) is 30.3. The van der Waals surface area contributed by atoms with Crippen molar-refractivity contribution in [2.45, 2.75) is 43.9 Å². The minimum absolute atomic E-state index is 0.0110. The van der Waals surface area contributed by atoms with E-state index in [-0.39, 0.29) is 30.4 Å². The van der Waals surface area contributed by atoms with Crippen LogP contribution in [0, 0.1) is 11.5 Å². The Kier molecular flexibility index (Phi) is 7.47. The third-order valence-corrected chi connectivity index (χ3v) is 8.38. The molecule has 1 saturated heterocycles. The Balaban J connectivity index is 1.29. The second-order valence-electron chi connectivity index (χ2n) is 10.8. The third-order valence-electron chi connectivity index (χ3n) is 8.08. The summed E-state index contributed by atoms with van der Waals surface area (Å²) in [5.41, 5.74) is 2.84. The summed E-state index contributed by atoms with van der Waals surface area (Å²) in [7, 11) is 0. The number of likely N-dealkylation sites (tertiary alicyclic amines) is 1. The Bertz CT molecular complexity index is 1840. The number of aromatic nitrogens is 3. The molecule has 0 aliphatic carbocycles. The van der Waals surface area contributed by atoms with E-state index in [2.05, 4.69) is 25.5 Å². The van der Waals surface area contributed by atoms with Crippen molar-refractivity contribution in [3.63, 3.8) is 0 Å². The highest BCUT2D eigenvalue weighted by Gasteiger charge is 2.39. The highest BCUT2D eigenvalue weighted by atomic mass is 35.5. The number of fused-ring (bicyclic) bond motifs is 4. The van der Waals surface area contributed by atoms with Crippen LogP contribution in [0.25, 0.3) is 21.8 Å². The van der Waals surface area contributed by atoms with Crippen LogP contribution >= 0.6 is 11.6 Å². The first-order valence-corrected chi connectivity index (χ1v) is 14.1. The Hall–Kier alpha value is -4.57. The van der Waals surface area contributed by atoms with E-state index in [1.54, 1.807) is 11.0 Å². The molecule has 0 saturated carbocycles. The first-order chi connectivity index (χ1) is 20.6. The second-order valence-corrected chi connectivity index (χ2v) is 11.2. The summed E-state index contributed by atoms with van der Waals surface area (Å²) >= 11 is 6.43. The van der Waals surface area contributed by atoms with Gasteiger partial charge in [-0.1, -0.05) is 29.8 Å². The lowest BCUT2D eigenvalue weighted by Crippen LogP contribution is -2.47. The predicted molar refractivity (Wildman–Crippen MR) is 154 cm³/mol. The number of halogens is 4. The van der Waals surface area contributed by atoms with Gasteiger partial charge in [-0.3, -0.25) is 20.0 Å². The largest absolute Gasteiger partial charge is 0.406 e. The van der Waals surface area contributed by atoms with Crippen LogP contribution in [0.2, 0.25) is 5.02 Å². The van der Waals surface area contributed by atoms with Crippen LogP contribution < -0.4 is 10.9 Å². The van der Waals surface area contributed by atoms with Crippen molar-refractivity contribution in [1.82, 2.24) is 30.3 Å². The number of alkyl halides is 3. The molecule has 0 radical (unpaired) electrons. The molecule has 43 heavy (non-hydrogen) atoms. The molecule has 4 heterocycles. The average Bonchev–Trinajstić information content (AvgIpc) is 3.43. The van der Waals surface area contributed by atoms with Crippen molar-refractivity contribution in [3.05, 3.63) is 74.7 Å². The van der Waals surface area contributed by atoms with E-state index < -0.39 is 24.7 Å². The second kappa shape index (κ2) is 11.3.